The van der Waals surface area contributed by atoms with Crippen LogP contribution in [-0.4, -0.2) is 48.1 Å². The van der Waals surface area contributed by atoms with Crippen molar-refractivity contribution >= 4 is 7.69 Å². The molecule has 0 saturated heterocycles. The molecule has 6 rings (SSSR count). The van der Waals surface area contributed by atoms with Crippen molar-refractivity contribution in [3.63, 3.8) is 0 Å². The topological polar surface area (TPSA) is 106 Å². The van der Waals surface area contributed by atoms with E-state index in [1.807, 2.05) is 60.7 Å². The van der Waals surface area contributed by atoms with Gasteiger partial charge in [0.1, 0.15) is 22.9 Å². The number of aromatic nitrogens is 8. The van der Waals surface area contributed by atoms with E-state index in [9.17, 15) is 8.78 Å². The summed E-state index contributed by atoms with van der Waals surface area (Å²) in [5, 5.41) is 23.1. The van der Waals surface area contributed by atoms with Gasteiger partial charge in [-0.1, -0.05) is 60.7 Å². The van der Waals surface area contributed by atoms with E-state index in [4.69, 9.17) is 9.31 Å². The second kappa shape index (κ2) is 10.5. The number of halogens is 2. The second-order valence-corrected chi connectivity index (χ2v) is 8.12. The summed E-state index contributed by atoms with van der Waals surface area (Å²) in [6, 6.07) is 26.7. The van der Waals surface area contributed by atoms with Crippen molar-refractivity contribution in [2.75, 3.05) is 0 Å². The predicted molar refractivity (Wildman–Crippen MR) is 136 cm³/mol. The number of tetrazole rings is 2. The van der Waals surface area contributed by atoms with Crippen LogP contribution in [-0.2, 0) is 0 Å². The Morgan fingerprint density at radius 3 is 1.41 bits per heavy atom. The van der Waals surface area contributed by atoms with Crippen LogP contribution in [0.1, 0.15) is 0 Å². The molecule has 0 aliphatic carbocycles. The predicted octanol–water partition coefficient (Wildman–Crippen LogP) is 4.24. The maximum absolute atomic E-state index is 14.9. The van der Waals surface area contributed by atoms with Crippen molar-refractivity contribution in [2.45, 2.75) is 0 Å². The molecule has 0 N–H and O–H groups in total. The normalized spacial score (nSPS) is 10.8. The first-order valence-electron chi connectivity index (χ1n) is 11.6. The van der Waals surface area contributed by atoms with Gasteiger partial charge in [0.25, 0.3) is 0 Å². The molecule has 2 heterocycles. The van der Waals surface area contributed by atoms with Crippen LogP contribution < -0.4 is 9.31 Å². The van der Waals surface area contributed by atoms with Gasteiger partial charge in [-0.2, -0.15) is 9.36 Å². The first-order chi connectivity index (χ1) is 19.2. The zero-order valence-corrected chi connectivity index (χ0v) is 20.0. The van der Waals surface area contributed by atoms with E-state index in [1.54, 1.807) is 0 Å². The minimum absolute atomic E-state index is 0.141. The molecule has 189 valence electrons. The van der Waals surface area contributed by atoms with Crippen LogP contribution in [0.25, 0.3) is 34.2 Å². The number of rotatable bonds is 8. The average Bonchev–Trinajstić information content (AvgIpc) is 3.65. The van der Waals surface area contributed by atoms with E-state index in [1.165, 1.54) is 33.6 Å². The van der Waals surface area contributed by atoms with E-state index in [-0.39, 0.29) is 22.9 Å². The monoisotopic (exact) mass is 521 g/mol. The molecule has 39 heavy (non-hydrogen) atoms. The van der Waals surface area contributed by atoms with Crippen LogP contribution in [0.15, 0.2) is 97.1 Å². The molecule has 0 amide bonds. The van der Waals surface area contributed by atoms with E-state index in [0.717, 1.165) is 30.9 Å². The Bertz CT molecular complexity index is 1600. The van der Waals surface area contributed by atoms with Crippen LogP contribution in [0.5, 0.6) is 11.5 Å². The fourth-order valence-corrected chi connectivity index (χ4v) is 3.83. The zero-order valence-electron chi connectivity index (χ0n) is 20.0. The molecule has 4 aromatic carbocycles. The first kappa shape index (κ1) is 23.9. The number of hydrogen-bond acceptors (Lipinski definition) is 8. The lowest BCUT2D eigenvalue weighted by Crippen LogP contribution is -2.12. The van der Waals surface area contributed by atoms with Gasteiger partial charge in [0.2, 0.25) is 0 Å². The summed E-state index contributed by atoms with van der Waals surface area (Å²) in [4.78, 5) is 0. The van der Waals surface area contributed by atoms with Crippen LogP contribution in [0.3, 0.4) is 0 Å². The van der Waals surface area contributed by atoms with E-state index in [0.29, 0.717) is 11.6 Å². The van der Waals surface area contributed by atoms with Crippen LogP contribution >= 0.6 is 0 Å². The van der Waals surface area contributed by atoms with Crippen molar-refractivity contribution < 1.29 is 18.1 Å². The Kier molecular flexibility index (Phi) is 6.44. The van der Waals surface area contributed by atoms with Gasteiger partial charge in [-0.3, -0.25) is 0 Å². The van der Waals surface area contributed by atoms with E-state index >= 15 is 0 Å². The highest BCUT2D eigenvalue weighted by Crippen LogP contribution is 2.26. The maximum atomic E-state index is 14.9. The molecule has 0 unspecified atom stereocenters. The Morgan fingerprint density at radius 1 is 0.564 bits per heavy atom. The molecule has 10 nitrogen and oxygen atoms in total. The summed E-state index contributed by atoms with van der Waals surface area (Å²) < 4.78 is 43.2. The second-order valence-electron chi connectivity index (χ2n) is 8.12. The fourth-order valence-electron chi connectivity index (χ4n) is 3.83. The van der Waals surface area contributed by atoms with Crippen LogP contribution in [0, 0.1) is 11.6 Å². The molecular weight excluding hydrogens is 505 g/mol. The Labute approximate surface area is 220 Å². The van der Waals surface area contributed by atoms with Crippen molar-refractivity contribution in [3.8, 4) is 45.6 Å². The summed E-state index contributed by atoms with van der Waals surface area (Å²) in [5.74, 6) is -0.136. The summed E-state index contributed by atoms with van der Waals surface area (Å²) in [7, 11) is 0.974. The fraction of sp³-hybridized carbons (Fsp3) is 0. The summed E-state index contributed by atoms with van der Waals surface area (Å²) >= 11 is 0. The molecule has 0 aliphatic rings. The lowest BCUT2D eigenvalue weighted by molar-refractivity contribution is 0.453. The van der Waals surface area contributed by atoms with Crippen molar-refractivity contribution in [3.05, 3.63) is 109 Å². The molecule has 0 fully saturated rings. The zero-order chi connectivity index (χ0) is 26.6. The minimum Gasteiger partial charge on any atom is -0.526 e. The van der Waals surface area contributed by atoms with Crippen molar-refractivity contribution in [1.82, 2.24) is 40.4 Å². The highest BCUT2D eigenvalue weighted by atomic mass is 19.1. The van der Waals surface area contributed by atoms with Gasteiger partial charge in [0, 0.05) is 23.3 Å². The van der Waals surface area contributed by atoms with E-state index in [2.05, 4.69) is 31.1 Å². The Morgan fingerprint density at radius 2 is 1.00 bits per heavy atom. The number of hydrogen-bond donors (Lipinski definition) is 0. The first-order valence-corrected chi connectivity index (χ1v) is 11.6. The molecule has 2 aromatic heterocycles. The average molecular weight is 521 g/mol. The summed E-state index contributed by atoms with van der Waals surface area (Å²) in [6.45, 7) is 0. The van der Waals surface area contributed by atoms with E-state index < -0.39 is 11.6 Å². The number of benzene rings is 4. The van der Waals surface area contributed by atoms with Crippen molar-refractivity contribution in [2.24, 2.45) is 0 Å². The van der Waals surface area contributed by atoms with Crippen LogP contribution in [0.4, 0.5) is 8.78 Å². The smallest absolute Gasteiger partial charge is 0.526 e. The Hall–Kier alpha value is -5.46. The molecular formula is C26H16BF2N8O2. The molecule has 6 aromatic rings. The van der Waals surface area contributed by atoms with Gasteiger partial charge < -0.3 is 9.31 Å². The summed E-state index contributed by atoms with van der Waals surface area (Å²) in [6.07, 6.45) is 0. The summed E-state index contributed by atoms with van der Waals surface area (Å²) in [5.41, 5.74) is 1.75. The van der Waals surface area contributed by atoms with Crippen LogP contribution in [0.2, 0.25) is 0 Å². The quantitative estimate of drug-likeness (QED) is 0.274. The SMILES string of the molecule is Fc1cc(O[B]Oc2ccc(-n3nnnc3-c3ccccc3)c(F)c2)ccc1-n1nnnc1-c1ccccc1. The minimum atomic E-state index is -0.614. The highest BCUT2D eigenvalue weighted by molar-refractivity contribution is 6.20. The van der Waals surface area contributed by atoms with Gasteiger partial charge in [-0.15, -0.1) is 10.2 Å². The van der Waals surface area contributed by atoms with Gasteiger partial charge in [-0.05, 0) is 45.1 Å². The standard InChI is InChI=1S/C26H16BF2N8O2/c28-21-15-19(11-13-23(21)36-25(30-32-34-36)17-7-3-1-4-8-17)38-27-39-20-12-14-24(22(29)16-20)37-26(31-33-35-37)18-9-5-2-6-10-18/h1-16H. The Balaban J connectivity index is 1.13. The molecule has 0 saturated carbocycles. The number of nitrogens with zero attached hydrogens (tertiary/aromatic N) is 8. The molecule has 0 aliphatic heterocycles. The largest absolute Gasteiger partial charge is 0.658 e. The van der Waals surface area contributed by atoms with Gasteiger partial charge in [-0.25, -0.2) is 8.78 Å². The molecule has 0 spiro atoms. The van der Waals surface area contributed by atoms with Gasteiger partial charge in [0.15, 0.2) is 23.3 Å². The third-order valence-electron chi connectivity index (χ3n) is 5.67. The molecule has 0 atom stereocenters. The lowest BCUT2D eigenvalue weighted by Gasteiger charge is -2.11. The highest BCUT2D eigenvalue weighted by Gasteiger charge is 2.17. The molecule has 13 heteroatoms. The van der Waals surface area contributed by atoms with Crippen molar-refractivity contribution in [1.29, 1.82) is 0 Å². The maximum Gasteiger partial charge on any atom is 0.658 e. The molecule has 0 bridgehead atoms. The van der Waals surface area contributed by atoms with Gasteiger partial charge in [0.05, 0.1) is 0 Å². The molecule has 1 radical (unpaired) electrons. The van der Waals surface area contributed by atoms with Gasteiger partial charge >= 0.3 is 7.69 Å². The lowest BCUT2D eigenvalue weighted by atomic mass is 10.2. The third-order valence-corrected chi connectivity index (χ3v) is 5.67. The third kappa shape index (κ3) is 4.92.